The van der Waals surface area contributed by atoms with Crippen LogP contribution in [-0.4, -0.2) is 46.6 Å². The van der Waals surface area contributed by atoms with E-state index in [9.17, 15) is 0 Å². The lowest BCUT2D eigenvalue weighted by atomic mass is 9.78. The number of nitrogen functional groups attached to an aromatic ring is 1. The summed E-state index contributed by atoms with van der Waals surface area (Å²) in [6, 6.07) is 8.10. The van der Waals surface area contributed by atoms with Gasteiger partial charge in [0.25, 0.3) is 0 Å². The quantitative estimate of drug-likeness (QED) is 0.339. The Bertz CT molecular complexity index is 1550. The molecule has 9 heteroatoms. The van der Waals surface area contributed by atoms with Gasteiger partial charge in [-0.05, 0) is 48.9 Å². The van der Waals surface area contributed by atoms with Crippen molar-refractivity contribution in [3.63, 3.8) is 0 Å². The van der Waals surface area contributed by atoms with E-state index in [1.54, 1.807) is 18.5 Å². The summed E-state index contributed by atoms with van der Waals surface area (Å²) in [4.78, 5) is 15.8. The van der Waals surface area contributed by atoms with Crippen LogP contribution in [0.2, 0.25) is 0 Å². The predicted molar refractivity (Wildman–Crippen MR) is 145 cm³/mol. The highest BCUT2D eigenvalue weighted by Crippen LogP contribution is 2.39. The van der Waals surface area contributed by atoms with E-state index in [-0.39, 0.29) is 11.1 Å². The van der Waals surface area contributed by atoms with Crippen molar-refractivity contribution in [1.82, 2.24) is 19.9 Å². The second-order valence-electron chi connectivity index (χ2n) is 10.6. The molecular formula is C28H30FN7O. The Labute approximate surface area is 215 Å². The SMILES string of the molecule is Cc1c(-c2cc3nc(Nc4ccc5c(c4)CN(C)CC5(C)C)ncc3c(N)c2F)cnc2c1NCCO2. The first kappa shape index (κ1) is 23.4. The molecule has 0 saturated heterocycles. The summed E-state index contributed by atoms with van der Waals surface area (Å²) >= 11 is 0. The van der Waals surface area contributed by atoms with Crippen molar-refractivity contribution < 1.29 is 9.13 Å². The molecule has 0 atom stereocenters. The van der Waals surface area contributed by atoms with E-state index < -0.39 is 5.82 Å². The molecule has 4 N–H and O–H groups in total. The first-order chi connectivity index (χ1) is 17.7. The molecule has 0 radical (unpaired) electrons. The molecular weight excluding hydrogens is 469 g/mol. The summed E-state index contributed by atoms with van der Waals surface area (Å²) in [6.07, 6.45) is 3.19. The van der Waals surface area contributed by atoms with E-state index in [4.69, 9.17) is 15.5 Å². The smallest absolute Gasteiger partial charge is 0.237 e. The maximum Gasteiger partial charge on any atom is 0.237 e. The number of nitrogens with one attached hydrogen (secondary N) is 2. The molecule has 0 spiro atoms. The molecule has 2 aliphatic rings. The van der Waals surface area contributed by atoms with Crippen molar-refractivity contribution in [3.05, 3.63) is 59.2 Å². The van der Waals surface area contributed by atoms with Crippen molar-refractivity contribution in [2.75, 3.05) is 43.1 Å². The fraction of sp³-hybridized carbons (Fsp3) is 0.321. The van der Waals surface area contributed by atoms with Crippen LogP contribution in [0.1, 0.15) is 30.5 Å². The van der Waals surface area contributed by atoms with Gasteiger partial charge in [-0.3, -0.25) is 0 Å². The number of hydrogen-bond donors (Lipinski definition) is 3. The number of likely N-dealkylation sites (N-methyl/N-ethyl adjacent to an activating group) is 1. The van der Waals surface area contributed by atoms with Gasteiger partial charge in [0, 0.05) is 59.6 Å². The van der Waals surface area contributed by atoms with Gasteiger partial charge in [0.1, 0.15) is 12.3 Å². The molecule has 6 rings (SSSR count). The minimum atomic E-state index is -0.514. The summed E-state index contributed by atoms with van der Waals surface area (Å²) in [7, 11) is 2.14. The number of nitrogens with zero attached hydrogens (tertiary/aromatic N) is 4. The number of anilines is 4. The Morgan fingerprint density at radius 3 is 2.84 bits per heavy atom. The molecule has 0 bridgehead atoms. The van der Waals surface area contributed by atoms with Gasteiger partial charge in [-0.2, -0.15) is 0 Å². The average Bonchev–Trinajstić information content (AvgIpc) is 2.86. The lowest BCUT2D eigenvalue weighted by Gasteiger charge is -2.38. The summed E-state index contributed by atoms with van der Waals surface area (Å²) in [5, 5.41) is 7.08. The van der Waals surface area contributed by atoms with E-state index in [2.05, 4.69) is 64.6 Å². The number of nitrogens with two attached hydrogens (primary N) is 1. The van der Waals surface area contributed by atoms with Crippen molar-refractivity contribution in [3.8, 4) is 17.0 Å². The minimum absolute atomic E-state index is 0.0134. The number of ether oxygens (including phenoxy) is 1. The zero-order valence-corrected chi connectivity index (χ0v) is 21.4. The average molecular weight is 500 g/mol. The molecule has 0 fully saturated rings. The Hall–Kier alpha value is -3.98. The van der Waals surface area contributed by atoms with Crippen LogP contribution in [0.3, 0.4) is 0 Å². The van der Waals surface area contributed by atoms with Crippen molar-refractivity contribution >= 4 is 33.9 Å². The largest absolute Gasteiger partial charge is 0.474 e. The molecule has 37 heavy (non-hydrogen) atoms. The molecule has 2 aromatic carbocycles. The molecule has 8 nitrogen and oxygen atoms in total. The maximum atomic E-state index is 15.5. The normalized spacial score (nSPS) is 16.5. The zero-order chi connectivity index (χ0) is 25.9. The first-order valence-corrected chi connectivity index (χ1v) is 12.4. The number of pyridine rings is 1. The summed E-state index contributed by atoms with van der Waals surface area (Å²) in [5.41, 5.74) is 13.0. The van der Waals surface area contributed by atoms with Crippen LogP contribution in [0.25, 0.3) is 22.0 Å². The Balaban J connectivity index is 1.38. The third-order valence-electron chi connectivity index (χ3n) is 7.29. The van der Waals surface area contributed by atoms with Crippen molar-refractivity contribution in [2.24, 2.45) is 0 Å². The molecule has 0 amide bonds. The molecule has 2 aliphatic heterocycles. The highest BCUT2D eigenvalue weighted by Gasteiger charge is 2.30. The van der Waals surface area contributed by atoms with Gasteiger partial charge in [-0.25, -0.2) is 19.3 Å². The number of rotatable bonds is 3. The number of halogens is 1. The van der Waals surface area contributed by atoms with Crippen LogP contribution < -0.4 is 21.1 Å². The highest BCUT2D eigenvalue weighted by atomic mass is 19.1. The summed E-state index contributed by atoms with van der Waals surface area (Å²) < 4.78 is 21.1. The lowest BCUT2D eigenvalue weighted by molar-refractivity contribution is 0.236. The Morgan fingerprint density at radius 1 is 1.16 bits per heavy atom. The van der Waals surface area contributed by atoms with E-state index in [1.807, 2.05) is 6.92 Å². The summed E-state index contributed by atoms with van der Waals surface area (Å²) in [6.45, 7) is 9.57. The van der Waals surface area contributed by atoms with Gasteiger partial charge < -0.3 is 26.0 Å². The molecule has 0 saturated carbocycles. The Morgan fingerprint density at radius 2 is 2.00 bits per heavy atom. The van der Waals surface area contributed by atoms with Crippen LogP contribution >= 0.6 is 0 Å². The Kier molecular flexibility index (Phi) is 5.41. The lowest BCUT2D eigenvalue weighted by Crippen LogP contribution is -2.39. The van der Waals surface area contributed by atoms with Gasteiger partial charge in [0.15, 0.2) is 5.82 Å². The van der Waals surface area contributed by atoms with Crippen LogP contribution in [0, 0.1) is 12.7 Å². The van der Waals surface area contributed by atoms with Gasteiger partial charge in [-0.15, -0.1) is 0 Å². The second-order valence-corrected chi connectivity index (χ2v) is 10.6. The van der Waals surface area contributed by atoms with Gasteiger partial charge in [0.05, 0.1) is 11.2 Å². The standard InChI is InChI=1S/C28H30FN7O/c1-15-19(11-32-26-25(15)31-7-8-37-26)18-10-22-20(24(30)23(18)29)12-33-27(35-22)34-17-5-6-21-16(9-17)13-36(4)14-28(21,2)3/h5-6,9-12,31H,7-8,13-14,30H2,1-4H3,(H,33,34,35). The number of benzene rings is 2. The highest BCUT2D eigenvalue weighted by molar-refractivity contribution is 5.96. The van der Waals surface area contributed by atoms with Crippen LogP contribution in [0.5, 0.6) is 5.88 Å². The molecule has 2 aromatic heterocycles. The fourth-order valence-electron chi connectivity index (χ4n) is 5.62. The maximum absolute atomic E-state index is 15.5. The zero-order valence-electron chi connectivity index (χ0n) is 21.4. The number of fused-ring (bicyclic) bond motifs is 3. The monoisotopic (exact) mass is 499 g/mol. The molecule has 0 aliphatic carbocycles. The summed E-state index contributed by atoms with van der Waals surface area (Å²) in [5.74, 6) is 0.429. The van der Waals surface area contributed by atoms with Gasteiger partial charge >= 0.3 is 0 Å². The first-order valence-electron chi connectivity index (χ1n) is 12.4. The van der Waals surface area contributed by atoms with E-state index in [1.165, 1.54) is 11.1 Å². The topological polar surface area (TPSA) is 101 Å². The molecule has 4 heterocycles. The van der Waals surface area contributed by atoms with E-state index >= 15 is 4.39 Å². The molecule has 190 valence electrons. The van der Waals surface area contributed by atoms with E-state index in [0.29, 0.717) is 47.0 Å². The van der Waals surface area contributed by atoms with Gasteiger partial charge in [-0.1, -0.05) is 19.9 Å². The third-order valence-corrected chi connectivity index (χ3v) is 7.29. The number of aromatic nitrogens is 3. The van der Waals surface area contributed by atoms with Crippen LogP contribution in [-0.2, 0) is 12.0 Å². The second kappa shape index (κ2) is 8.55. The number of hydrogen-bond acceptors (Lipinski definition) is 8. The third kappa shape index (κ3) is 3.99. The van der Waals surface area contributed by atoms with Crippen molar-refractivity contribution in [2.45, 2.75) is 32.7 Å². The fourth-order valence-corrected chi connectivity index (χ4v) is 5.62. The minimum Gasteiger partial charge on any atom is -0.474 e. The molecule has 4 aromatic rings. The van der Waals surface area contributed by atoms with E-state index in [0.717, 1.165) is 30.0 Å². The van der Waals surface area contributed by atoms with Crippen molar-refractivity contribution in [1.29, 1.82) is 0 Å². The van der Waals surface area contributed by atoms with Gasteiger partial charge in [0.2, 0.25) is 11.8 Å². The van der Waals surface area contributed by atoms with Crippen LogP contribution in [0.15, 0.2) is 36.7 Å². The predicted octanol–water partition coefficient (Wildman–Crippen LogP) is 4.99. The molecule has 0 unspecified atom stereocenters. The van der Waals surface area contributed by atoms with Crippen LogP contribution in [0.4, 0.5) is 27.4 Å².